The van der Waals surface area contributed by atoms with Crippen molar-refractivity contribution < 1.29 is 32.3 Å². The Morgan fingerprint density at radius 2 is 1.84 bits per heavy atom. The summed E-state index contributed by atoms with van der Waals surface area (Å²) >= 11 is 0. The SMILES string of the molecule is CCOC(=O)c1cnc(N2CC(c3ccc(C(F)(F)F)cc3)C[C@H]2C(=O)NOC)nc1. The minimum absolute atomic E-state index is 0.168. The van der Waals surface area contributed by atoms with Gasteiger partial charge in [-0.3, -0.25) is 9.63 Å². The molecule has 1 saturated heterocycles. The number of aromatic nitrogens is 2. The van der Waals surface area contributed by atoms with Crippen molar-refractivity contribution in [1.82, 2.24) is 15.4 Å². The quantitative estimate of drug-likeness (QED) is 0.548. The van der Waals surface area contributed by atoms with E-state index in [0.29, 0.717) is 18.5 Å². The zero-order chi connectivity index (χ0) is 22.6. The molecule has 2 heterocycles. The normalized spacial score (nSPS) is 18.7. The molecule has 0 bridgehead atoms. The fourth-order valence-corrected chi connectivity index (χ4v) is 3.45. The Hall–Kier alpha value is -3.21. The highest BCUT2D eigenvalue weighted by atomic mass is 19.4. The lowest BCUT2D eigenvalue weighted by Gasteiger charge is -2.23. The van der Waals surface area contributed by atoms with Gasteiger partial charge in [-0.2, -0.15) is 13.2 Å². The van der Waals surface area contributed by atoms with Crippen molar-refractivity contribution in [3.8, 4) is 0 Å². The van der Waals surface area contributed by atoms with Gasteiger partial charge in [0.2, 0.25) is 5.95 Å². The van der Waals surface area contributed by atoms with Gasteiger partial charge in [0, 0.05) is 24.9 Å². The van der Waals surface area contributed by atoms with Crippen molar-refractivity contribution in [2.75, 3.05) is 25.2 Å². The maximum atomic E-state index is 12.8. The molecule has 0 spiro atoms. The molecule has 1 unspecified atom stereocenters. The first-order valence-corrected chi connectivity index (χ1v) is 9.50. The van der Waals surface area contributed by atoms with E-state index in [1.54, 1.807) is 11.8 Å². The summed E-state index contributed by atoms with van der Waals surface area (Å²) in [6.07, 6.45) is -1.49. The van der Waals surface area contributed by atoms with Crippen molar-refractivity contribution in [2.45, 2.75) is 31.5 Å². The van der Waals surface area contributed by atoms with Crippen molar-refractivity contribution in [2.24, 2.45) is 0 Å². The van der Waals surface area contributed by atoms with Gasteiger partial charge in [-0.05, 0) is 31.0 Å². The van der Waals surface area contributed by atoms with Gasteiger partial charge in [0.25, 0.3) is 5.91 Å². The number of rotatable bonds is 6. The number of esters is 1. The van der Waals surface area contributed by atoms with Gasteiger partial charge < -0.3 is 9.64 Å². The van der Waals surface area contributed by atoms with Crippen LogP contribution in [0.3, 0.4) is 0 Å². The Labute approximate surface area is 176 Å². The zero-order valence-corrected chi connectivity index (χ0v) is 16.8. The molecule has 1 aromatic carbocycles. The van der Waals surface area contributed by atoms with Crippen molar-refractivity contribution in [3.05, 3.63) is 53.3 Å². The van der Waals surface area contributed by atoms with Crippen LogP contribution in [0.4, 0.5) is 19.1 Å². The molecule has 1 aromatic heterocycles. The van der Waals surface area contributed by atoms with Gasteiger partial charge in [-0.25, -0.2) is 20.2 Å². The third kappa shape index (κ3) is 5.10. The van der Waals surface area contributed by atoms with E-state index in [0.717, 1.165) is 12.1 Å². The number of nitrogens with zero attached hydrogens (tertiary/aromatic N) is 3. The number of halogens is 3. The molecule has 1 aliphatic heterocycles. The smallest absolute Gasteiger partial charge is 0.416 e. The lowest BCUT2D eigenvalue weighted by Crippen LogP contribution is -2.43. The minimum Gasteiger partial charge on any atom is -0.462 e. The van der Waals surface area contributed by atoms with Crippen LogP contribution in [0.5, 0.6) is 0 Å². The van der Waals surface area contributed by atoms with E-state index < -0.39 is 29.7 Å². The molecular weight excluding hydrogens is 417 g/mol. The van der Waals surface area contributed by atoms with Crippen molar-refractivity contribution >= 4 is 17.8 Å². The first-order valence-electron chi connectivity index (χ1n) is 9.50. The molecule has 166 valence electrons. The van der Waals surface area contributed by atoms with Crippen molar-refractivity contribution in [1.29, 1.82) is 0 Å². The summed E-state index contributed by atoms with van der Waals surface area (Å²) in [5.41, 5.74) is 2.37. The molecule has 11 heteroatoms. The molecule has 3 rings (SSSR count). The Morgan fingerprint density at radius 1 is 1.19 bits per heavy atom. The van der Waals surface area contributed by atoms with Crippen LogP contribution in [0.2, 0.25) is 0 Å². The zero-order valence-electron chi connectivity index (χ0n) is 16.8. The van der Waals surface area contributed by atoms with Crippen LogP contribution in [0.15, 0.2) is 36.7 Å². The molecule has 1 aliphatic rings. The average Bonchev–Trinajstić information content (AvgIpc) is 3.19. The summed E-state index contributed by atoms with van der Waals surface area (Å²) in [4.78, 5) is 39.0. The second-order valence-corrected chi connectivity index (χ2v) is 6.88. The highest BCUT2D eigenvalue weighted by molar-refractivity contribution is 5.89. The van der Waals surface area contributed by atoms with Gasteiger partial charge >= 0.3 is 12.1 Å². The lowest BCUT2D eigenvalue weighted by molar-refractivity contribution is -0.137. The number of carbonyl (C=O) groups excluding carboxylic acids is 2. The molecule has 2 aromatic rings. The molecule has 0 radical (unpaired) electrons. The molecule has 2 atom stereocenters. The third-order valence-corrected chi connectivity index (χ3v) is 4.92. The van der Waals surface area contributed by atoms with Crippen LogP contribution >= 0.6 is 0 Å². The summed E-state index contributed by atoms with van der Waals surface area (Å²) < 4.78 is 43.4. The van der Waals surface area contributed by atoms with E-state index in [-0.39, 0.29) is 24.0 Å². The first kappa shape index (κ1) is 22.5. The topological polar surface area (TPSA) is 93.7 Å². The summed E-state index contributed by atoms with van der Waals surface area (Å²) in [5, 5.41) is 0. The van der Waals surface area contributed by atoms with Crippen LogP contribution in [0.1, 0.15) is 40.7 Å². The number of benzene rings is 1. The van der Waals surface area contributed by atoms with Gasteiger partial charge in [-0.1, -0.05) is 12.1 Å². The third-order valence-electron chi connectivity index (χ3n) is 4.92. The van der Waals surface area contributed by atoms with E-state index >= 15 is 0 Å². The summed E-state index contributed by atoms with van der Waals surface area (Å²) in [6.45, 7) is 2.18. The Bertz CT molecular complexity index is 920. The van der Waals surface area contributed by atoms with E-state index in [9.17, 15) is 22.8 Å². The van der Waals surface area contributed by atoms with Crippen LogP contribution in [0.25, 0.3) is 0 Å². The maximum Gasteiger partial charge on any atom is 0.416 e. The number of ether oxygens (including phenoxy) is 1. The molecule has 0 aliphatic carbocycles. The van der Waals surface area contributed by atoms with Gasteiger partial charge in [0.15, 0.2) is 0 Å². The Morgan fingerprint density at radius 3 is 2.39 bits per heavy atom. The van der Waals surface area contributed by atoms with E-state index in [1.807, 2.05) is 0 Å². The number of carbonyl (C=O) groups is 2. The van der Waals surface area contributed by atoms with Gasteiger partial charge in [-0.15, -0.1) is 0 Å². The molecule has 1 N–H and O–H groups in total. The van der Waals surface area contributed by atoms with E-state index in [4.69, 9.17) is 9.57 Å². The van der Waals surface area contributed by atoms with Crippen molar-refractivity contribution in [3.63, 3.8) is 0 Å². The van der Waals surface area contributed by atoms with E-state index in [2.05, 4.69) is 15.4 Å². The molecule has 8 nitrogen and oxygen atoms in total. The van der Waals surface area contributed by atoms with Crippen LogP contribution in [-0.2, 0) is 20.5 Å². The van der Waals surface area contributed by atoms with Gasteiger partial charge in [0.05, 0.1) is 24.8 Å². The number of hydrogen-bond acceptors (Lipinski definition) is 7. The Kier molecular flexibility index (Phi) is 6.74. The summed E-state index contributed by atoms with van der Waals surface area (Å²) in [6, 6.07) is 4.15. The monoisotopic (exact) mass is 438 g/mol. The number of hydrogen-bond donors (Lipinski definition) is 1. The Balaban J connectivity index is 1.84. The highest BCUT2D eigenvalue weighted by Gasteiger charge is 2.39. The average molecular weight is 438 g/mol. The van der Waals surface area contributed by atoms with E-state index in [1.165, 1.54) is 31.6 Å². The highest BCUT2D eigenvalue weighted by Crippen LogP contribution is 2.36. The number of amides is 1. The minimum atomic E-state index is -4.42. The molecular formula is C20H21F3N4O4. The first-order chi connectivity index (χ1) is 14.7. The van der Waals surface area contributed by atoms with Crippen LogP contribution in [0, 0.1) is 0 Å². The second kappa shape index (κ2) is 9.29. The predicted octanol–water partition coefficient (Wildman–Crippen LogP) is 2.71. The largest absolute Gasteiger partial charge is 0.462 e. The summed E-state index contributed by atoms with van der Waals surface area (Å²) in [5.74, 6) is -1.02. The predicted molar refractivity (Wildman–Crippen MR) is 103 cm³/mol. The molecule has 0 saturated carbocycles. The number of nitrogens with one attached hydrogen (secondary N) is 1. The number of alkyl halides is 3. The van der Waals surface area contributed by atoms with Crippen LogP contribution in [-0.4, -0.2) is 48.1 Å². The second-order valence-electron chi connectivity index (χ2n) is 6.88. The number of hydroxylamine groups is 1. The standard InChI is InChI=1S/C20H21F3N4O4/c1-3-31-18(29)14-9-24-19(25-10-14)27-11-13(8-16(27)17(28)26-30-2)12-4-6-15(7-5-12)20(21,22)23/h4-7,9-10,13,16H,3,8,11H2,1-2H3,(H,26,28)/t13?,16-/m0/s1. The number of anilines is 1. The fourth-order valence-electron chi connectivity index (χ4n) is 3.45. The molecule has 1 amide bonds. The molecule has 31 heavy (non-hydrogen) atoms. The van der Waals surface area contributed by atoms with Crippen LogP contribution < -0.4 is 10.4 Å². The lowest BCUT2D eigenvalue weighted by atomic mass is 9.95. The fraction of sp³-hybridized carbons (Fsp3) is 0.400. The maximum absolute atomic E-state index is 12.8. The summed E-state index contributed by atoms with van der Waals surface area (Å²) in [7, 11) is 1.30. The molecule has 1 fully saturated rings. The van der Waals surface area contributed by atoms with Gasteiger partial charge in [0.1, 0.15) is 6.04 Å².